The molecule has 0 saturated carbocycles. The fraction of sp³-hybridized carbons (Fsp3) is 0.400. The highest BCUT2D eigenvalue weighted by Crippen LogP contribution is 2.26. The Bertz CT molecular complexity index is 638. The average Bonchev–Trinajstić information content (AvgIpc) is 3.16. The molecule has 0 bridgehead atoms. The van der Waals surface area contributed by atoms with Gasteiger partial charge >= 0.3 is 0 Å². The second-order valence-electron chi connectivity index (χ2n) is 5.17. The molecule has 1 amide bonds. The number of hydrogen-bond donors (Lipinski definition) is 1. The second-order valence-corrected chi connectivity index (χ2v) is 6.12. The fourth-order valence-corrected chi connectivity index (χ4v) is 3.18. The highest BCUT2D eigenvalue weighted by molar-refractivity contribution is 7.99. The Kier molecular flexibility index (Phi) is 4.74. The van der Waals surface area contributed by atoms with Crippen molar-refractivity contribution in [2.24, 2.45) is 5.73 Å². The number of ether oxygens (including phenoxy) is 1. The van der Waals surface area contributed by atoms with E-state index >= 15 is 0 Å². The van der Waals surface area contributed by atoms with Crippen molar-refractivity contribution in [3.05, 3.63) is 30.3 Å². The first-order chi connectivity index (χ1) is 10.7. The predicted octanol–water partition coefficient (Wildman–Crippen LogP) is 1.70. The van der Waals surface area contributed by atoms with E-state index in [-0.39, 0.29) is 17.8 Å². The van der Waals surface area contributed by atoms with Crippen LogP contribution < -0.4 is 5.73 Å². The van der Waals surface area contributed by atoms with Gasteiger partial charge in [0.15, 0.2) is 11.0 Å². The summed E-state index contributed by atoms with van der Waals surface area (Å²) in [6, 6.07) is 9.90. The third kappa shape index (κ3) is 3.48. The van der Waals surface area contributed by atoms with Crippen LogP contribution in [0, 0.1) is 0 Å². The lowest BCUT2D eigenvalue weighted by Gasteiger charge is -2.14. The molecule has 22 heavy (non-hydrogen) atoms. The number of carbonyl (C=O) groups excluding carboxylic acids is 1. The minimum absolute atomic E-state index is 0.173. The number of nitrogens with two attached hydrogens (primary N) is 1. The lowest BCUT2D eigenvalue weighted by atomic mass is 10.2. The Morgan fingerprint density at radius 1 is 1.36 bits per heavy atom. The lowest BCUT2D eigenvalue weighted by Crippen LogP contribution is -2.18. The summed E-state index contributed by atoms with van der Waals surface area (Å²) in [6.07, 6.45) is 2.29. The number of primary amides is 1. The van der Waals surface area contributed by atoms with Crippen molar-refractivity contribution in [1.29, 1.82) is 0 Å². The van der Waals surface area contributed by atoms with E-state index in [1.807, 2.05) is 34.9 Å². The molecule has 0 radical (unpaired) electrons. The number of carbonyl (C=O) groups is 1. The number of thioether (sulfide) groups is 1. The fourth-order valence-electron chi connectivity index (χ4n) is 2.49. The van der Waals surface area contributed by atoms with Crippen LogP contribution in [0.4, 0.5) is 0 Å². The largest absolute Gasteiger partial charge is 0.376 e. The topological polar surface area (TPSA) is 83.0 Å². The maximum absolute atomic E-state index is 11.0. The van der Waals surface area contributed by atoms with Gasteiger partial charge in [0.05, 0.1) is 18.4 Å². The van der Waals surface area contributed by atoms with Gasteiger partial charge in [0, 0.05) is 12.2 Å². The number of aromatic nitrogens is 3. The number of nitrogens with zero attached hydrogens (tertiary/aromatic N) is 3. The number of benzene rings is 1. The van der Waals surface area contributed by atoms with Gasteiger partial charge in [0.25, 0.3) is 0 Å². The van der Waals surface area contributed by atoms with Crippen LogP contribution in [-0.4, -0.2) is 39.1 Å². The number of amides is 1. The van der Waals surface area contributed by atoms with E-state index in [2.05, 4.69) is 10.2 Å². The molecular formula is C15H18N4O2S. The summed E-state index contributed by atoms with van der Waals surface area (Å²) in [5, 5.41) is 9.21. The lowest BCUT2D eigenvalue weighted by molar-refractivity contribution is -0.115. The molecule has 0 spiro atoms. The molecule has 1 saturated heterocycles. The van der Waals surface area contributed by atoms with Gasteiger partial charge in [-0.3, -0.25) is 9.36 Å². The van der Waals surface area contributed by atoms with E-state index in [4.69, 9.17) is 10.5 Å². The van der Waals surface area contributed by atoms with Crippen molar-refractivity contribution in [2.45, 2.75) is 30.6 Å². The SMILES string of the molecule is NC(=O)CSc1nnc(-c2ccccc2)n1C[C@@H]1CCCO1. The quantitative estimate of drug-likeness (QED) is 0.820. The summed E-state index contributed by atoms with van der Waals surface area (Å²) < 4.78 is 7.75. The molecule has 1 aliphatic heterocycles. The van der Waals surface area contributed by atoms with Gasteiger partial charge in [0.2, 0.25) is 5.91 Å². The van der Waals surface area contributed by atoms with Crippen LogP contribution in [0.3, 0.4) is 0 Å². The minimum atomic E-state index is -0.363. The molecule has 1 aliphatic rings. The van der Waals surface area contributed by atoms with Crippen molar-refractivity contribution in [1.82, 2.24) is 14.8 Å². The summed E-state index contributed by atoms with van der Waals surface area (Å²) in [6.45, 7) is 1.50. The summed E-state index contributed by atoms with van der Waals surface area (Å²) in [5.74, 6) is 0.624. The van der Waals surface area contributed by atoms with E-state index in [0.29, 0.717) is 11.7 Å². The molecule has 6 nitrogen and oxygen atoms in total. The van der Waals surface area contributed by atoms with Crippen molar-refractivity contribution >= 4 is 17.7 Å². The molecule has 0 aliphatic carbocycles. The average molecular weight is 318 g/mol. The van der Waals surface area contributed by atoms with Gasteiger partial charge in [-0.15, -0.1) is 10.2 Å². The first kappa shape index (κ1) is 15.1. The molecule has 1 atom stereocenters. The minimum Gasteiger partial charge on any atom is -0.376 e. The third-order valence-electron chi connectivity index (χ3n) is 3.50. The molecular weight excluding hydrogens is 300 g/mol. The van der Waals surface area contributed by atoms with Crippen molar-refractivity contribution in [3.63, 3.8) is 0 Å². The summed E-state index contributed by atoms with van der Waals surface area (Å²) in [5.41, 5.74) is 6.23. The van der Waals surface area contributed by atoms with Crippen molar-refractivity contribution in [3.8, 4) is 11.4 Å². The molecule has 2 aromatic rings. The predicted molar refractivity (Wildman–Crippen MR) is 84.4 cm³/mol. The zero-order valence-electron chi connectivity index (χ0n) is 12.1. The highest BCUT2D eigenvalue weighted by atomic mass is 32.2. The maximum Gasteiger partial charge on any atom is 0.227 e. The monoisotopic (exact) mass is 318 g/mol. The highest BCUT2D eigenvalue weighted by Gasteiger charge is 2.21. The van der Waals surface area contributed by atoms with Crippen LogP contribution in [0.5, 0.6) is 0 Å². The molecule has 2 heterocycles. The van der Waals surface area contributed by atoms with Gasteiger partial charge < -0.3 is 10.5 Å². The molecule has 1 aromatic carbocycles. The van der Waals surface area contributed by atoms with Crippen LogP contribution in [0.1, 0.15) is 12.8 Å². The Morgan fingerprint density at radius 3 is 2.86 bits per heavy atom. The maximum atomic E-state index is 11.0. The van der Waals surface area contributed by atoms with Gasteiger partial charge in [-0.2, -0.15) is 0 Å². The van der Waals surface area contributed by atoms with Gasteiger partial charge in [-0.05, 0) is 12.8 Å². The number of hydrogen-bond acceptors (Lipinski definition) is 5. The van der Waals surface area contributed by atoms with Crippen LogP contribution >= 0.6 is 11.8 Å². The molecule has 1 fully saturated rings. The molecule has 0 unspecified atom stereocenters. The van der Waals surface area contributed by atoms with E-state index in [1.54, 1.807) is 0 Å². The Balaban J connectivity index is 1.89. The molecule has 2 N–H and O–H groups in total. The second kappa shape index (κ2) is 6.93. The van der Waals surface area contributed by atoms with Crippen LogP contribution in [0.25, 0.3) is 11.4 Å². The van der Waals surface area contributed by atoms with Crippen molar-refractivity contribution < 1.29 is 9.53 Å². The third-order valence-corrected chi connectivity index (χ3v) is 4.49. The van der Waals surface area contributed by atoms with Gasteiger partial charge in [0.1, 0.15) is 0 Å². The van der Waals surface area contributed by atoms with Crippen LogP contribution in [0.15, 0.2) is 35.5 Å². The van der Waals surface area contributed by atoms with Crippen LogP contribution in [0.2, 0.25) is 0 Å². The zero-order chi connectivity index (χ0) is 15.4. The standard InChI is InChI=1S/C15H18N4O2S/c16-13(20)10-22-15-18-17-14(11-5-2-1-3-6-11)19(15)9-12-7-4-8-21-12/h1-3,5-6,12H,4,7-10H2,(H2,16,20)/t12-/m0/s1. The van der Waals surface area contributed by atoms with Crippen molar-refractivity contribution in [2.75, 3.05) is 12.4 Å². The summed E-state index contributed by atoms with van der Waals surface area (Å²) >= 11 is 1.31. The first-order valence-corrected chi connectivity index (χ1v) is 8.24. The normalized spacial score (nSPS) is 17.7. The van der Waals surface area contributed by atoms with E-state index in [9.17, 15) is 4.79 Å². The Hall–Kier alpha value is -1.86. The molecule has 116 valence electrons. The molecule has 1 aromatic heterocycles. The Labute approximate surface area is 133 Å². The van der Waals surface area contributed by atoms with E-state index < -0.39 is 0 Å². The van der Waals surface area contributed by atoms with Crippen LogP contribution in [-0.2, 0) is 16.1 Å². The van der Waals surface area contributed by atoms with E-state index in [0.717, 1.165) is 30.8 Å². The van der Waals surface area contributed by atoms with Gasteiger partial charge in [-0.1, -0.05) is 42.1 Å². The van der Waals surface area contributed by atoms with Gasteiger partial charge in [-0.25, -0.2) is 0 Å². The smallest absolute Gasteiger partial charge is 0.227 e. The Morgan fingerprint density at radius 2 is 2.18 bits per heavy atom. The number of rotatable bonds is 6. The molecule has 3 rings (SSSR count). The molecule has 7 heteroatoms. The summed E-state index contributed by atoms with van der Waals surface area (Å²) in [4.78, 5) is 11.0. The first-order valence-electron chi connectivity index (χ1n) is 7.25. The zero-order valence-corrected chi connectivity index (χ0v) is 13.0. The summed E-state index contributed by atoms with van der Waals surface area (Å²) in [7, 11) is 0. The van der Waals surface area contributed by atoms with E-state index in [1.165, 1.54) is 11.8 Å².